The Balaban J connectivity index is 3.90. The Kier molecular flexibility index (Phi) is 5.88. The zero-order chi connectivity index (χ0) is 9.40. The van der Waals surface area contributed by atoms with Gasteiger partial charge in [0.25, 0.3) is 0 Å². The topological polar surface area (TPSA) is 24.7 Å². The molecule has 0 heterocycles. The zero-order valence-corrected chi connectivity index (χ0v) is 7.83. The fraction of sp³-hybridized carbons (Fsp3) is 0.400. The van der Waals surface area contributed by atoms with Crippen LogP contribution >= 0.6 is 0 Å². The Hall–Kier alpha value is -1.18. The molecule has 0 fully saturated rings. The summed E-state index contributed by atoms with van der Waals surface area (Å²) in [5.74, 6) is 0.492. The van der Waals surface area contributed by atoms with Crippen molar-refractivity contribution in [1.82, 2.24) is 0 Å². The van der Waals surface area contributed by atoms with Gasteiger partial charge in [-0.2, -0.15) is 0 Å². The van der Waals surface area contributed by atoms with Crippen molar-refractivity contribution >= 4 is 12.6 Å². The summed E-state index contributed by atoms with van der Waals surface area (Å²) in [4.78, 5) is 7.67. The molecule has 0 aromatic carbocycles. The van der Waals surface area contributed by atoms with E-state index >= 15 is 0 Å². The molecule has 0 aliphatic heterocycles. The smallest absolute Gasteiger partial charge is 0.115 e. The summed E-state index contributed by atoms with van der Waals surface area (Å²) in [7, 11) is 0. The van der Waals surface area contributed by atoms with Gasteiger partial charge in [-0.1, -0.05) is 27.0 Å². The van der Waals surface area contributed by atoms with Crippen LogP contribution in [-0.2, 0) is 0 Å². The standard InChI is InChI=1S/C10H16N2/c1-5-9(3)10(4)7-12-8-11-6-2/h6-9H,2,4-5H2,1,3H3. The Labute approximate surface area is 74.4 Å². The van der Waals surface area contributed by atoms with Gasteiger partial charge in [0, 0.05) is 12.4 Å². The number of allylic oxidation sites excluding steroid dienone is 1. The molecule has 2 nitrogen and oxygen atoms in total. The van der Waals surface area contributed by atoms with Gasteiger partial charge in [0.15, 0.2) is 0 Å². The molecule has 0 rings (SSSR count). The van der Waals surface area contributed by atoms with Crippen molar-refractivity contribution in [2.45, 2.75) is 20.3 Å². The molecule has 0 spiro atoms. The van der Waals surface area contributed by atoms with Gasteiger partial charge in [-0.15, -0.1) is 0 Å². The van der Waals surface area contributed by atoms with Crippen LogP contribution in [0.25, 0.3) is 0 Å². The first kappa shape index (κ1) is 10.8. The minimum atomic E-state index is 0.492. The molecule has 2 heteroatoms. The lowest BCUT2D eigenvalue weighted by Gasteiger charge is -2.05. The SMILES string of the molecule is C=CN=CN=CC(=C)C(C)CC. The quantitative estimate of drug-likeness (QED) is 0.441. The summed E-state index contributed by atoms with van der Waals surface area (Å²) in [6.07, 6.45) is 5.73. The molecule has 1 atom stereocenters. The van der Waals surface area contributed by atoms with Crippen molar-refractivity contribution in [2.24, 2.45) is 15.9 Å². The van der Waals surface area contributed by atoms with Gasteiger partial charge >= 0.3 is 0 Å². The molecule has 0 radical (unpaired) electrons. The Morgan fingerprint density at radius 3 is 2.67 bits per heavy atom. The molecule has 0 aromatic heterocycles. The van der Waals surface area contributed by atoms with Gasteiger partial charge in [-0.3, -0.25) is 0 Å². The molecular formula is C10H16N2. The van der Waals surface area contributed by atoms with Gasteiger partial charge in [-0.25, -0.2) is 9.98 Å². The van der Waals surface area contributed by atoms with E-state index in [4.69, 9.17) is 0 Å². The van der Waals surface area contributed by atoms with Crippen LogP contribution in [-0.4, -0.2) is 12.6 Å². The molecule has 12 heavy (non-hydrogen) atoms. The first-order valence-corrected chi connectivity index (χ1v) is 4.06. The molecule has 1 unspecified atom stereocenters. The van der Waals surface area contributed by atoms with Crippen LogP contribution in [0.3, 0.4) is 0 Å². The normalized spacial score (nSPS) is 13.8. The van der Waals surface area contributed by atoms with Gasteiger partial charge in [0.2, 0.25) is 0 Å². The number of rotatable bonds is 5. The Bertz CT molecular complexity index is 202. The van der Waals surface area contributed by atoms with Crippen LogP contribution < -0.4 is 0 Å². The third-order valence-electron chi connectivity index (χ3n) is 1.72. The summed E-state index contributed by atoms with van der Waals surface area (Å²) in [5, 5.41) is 0. The molecule has 0 amide bonds. The summed E-state index contributed by atoms with van der Waals surface area (Å²) in [5.41, 5.74) is 1.04. The third-order valence-corrected chi connectivity index (χ3v) is 1.72. The van der Waals surface area contributed by atoms with E-state index in [0.29, 0.717) is 5.92 Å². The minimum Gasteiger partial charge on any atom is -0.246 e. The largest absolute Gasteiger partial charge is 0.246 e. The monoisotopic (exact) mass is 164 g/mol. The van der Waals surface area contributed by atoms with Crippen LogP contribution in [0, 0.1) is 5.92 Å². The summed E-state index contributed by atoms with van der Waals surface area (Å²) in [6, 6.07) is 0. The second-order valence-corrected chi connectivity index (χ2v) is 2.61. The lowest BCUT2D eigenvalue weighted by molar-refractivity contribution is 0.683. The molecule has 0 aliphatic carbocycles. The lowest BCUT2D eigenvalue weighted by Crippen LogP contribution is -1.96. The number of hydrogen-bond acceptors (Lipinski definition) is 1. The fourth-order valence-corrected chi connectivity index (χ4v) is 0.604. The molecule has 0 aliphatic rings. The molecule has 0 bridgehead atoms. The predicted octanol–water partition coefficient (Wildman–Crippen LogP) is 2.83. The second-order valence-electron chi connectivity index (χ2n) is 2.61. The molecule has 0 saturated carbocycles. The van der Waals surface area contributed by atoms with E-state index in [9.17, 15) is 0 Å². The highest BCUT2D eigenvalue weighted by Gasteiger charge is 1.99. The van der Waals surface area contributed by atoms with E-state index in [0.717, 1.165) is 12.0 Å². The van der Waals surface area contributed by atoms with Gasteiger partial charge < -0.3 is 0 Å². The highest BCUT2D eigenvalue weighted by atomic mass is 14.8. The maximum absolute atomic E-state index is 3.94. The maximum atomic E-state index is 3.94. The molecule has 0 saturated heterocycles. The van der Waals surface area contributed by atoms with Crippen molar-refractivity contribution in [1.29, 1.82) is 0 Å². The molecule has 0 aromatic rings. The van der Waals surface area contributed by atoms with Gasteiger partial charge in [-0.05, 0) is 17.9 Å². The van der Waals surface area contributed by atoms with Crippen LogP contribution in [0.5, 0.6) is 0 Å². The zero-order valence-electron chi connectivity index (χ0n) is 7.83. The Morgan fingerprint density at radius 2 is 2.17 bits per heavy atom. The summed E-state index contributed by atoms with van der Waals surface area (Å²) >= 11 is 0. The van der Waals surface area contributed by atoms with Crippen molar-refractivity contribution in [3.05, 3.63) is 24.9 Å². The van der Waals surface area contributed by atoms with E-state index in [1.165, 1.54) is 12.5 Å². The van der Waals surface area contributed by atoms with Crippen LogP contribution in [0.4, 0.5) is 0 Å². The van der Waals surface area contributed by atoms with Crippen LogP contribution in [0.1, 0.15) is 20.3 Å². The second kappa shape index (κ2) is 6.53. The lowest BCUT2D eigenvalue weighted by atomic mass is 10.0. The van der Waals surface area contributed by atoms with E-state index in [-0.39, 0.29) is 0 Å². The van der Waals surface area contributed by atoms with Gasteiger partial charge in [0.05, 0.1) is 0 Å². The number of aliphatic imine (C=N–C) groups is 2. The van der Waals surface area contributed by atoms with E-state index < -0.39 is 0 Å². The predicted molar refractivity (Wildman–Crippen MR) is 55.8 cm³/mol. The summed E-state index contributed by atoms with van der Waals surface area (Å²) in [6.45, 7) is 11.6. The van der Waals surface area contributed by atoms with E-state index in [1.54, 1.807) is 6.21 Å². The van der Waals surface area contributed by atoms with Crippen molar-refractivity contribution in [3.8, 4) is 0 Å². The maximum Gasteiger partial charge on any atom is 0.115 e. The molecule has 66 valence electrons. The number of nitrogens with zero attached hydrogens (tertiary/aromatic N) is 2. The summed E-state index contributed by atoms with van der Waals surface area (Å²) < 4.78 is 0. The number of hydrogen-bond donors (Lipinski definition) is 0. The van der Waals surface area contributed by atoms with Crippen molar-refractivity contribution < 1.29 is 0 Å². The highest BCUT2D eigenvalue weighted by molar-refractivity contribution is 5.84. The Morgan fingerprint density at radius 1 is 1.50 bits per heavy atom. The minimum absolute atomic E-state index is 0.492. The average molecular weight is 164 g/mol. The first-order chi connectivity index (χ1) is 5.72. The average Bonchev–Trinajstić information content (AvgIpc) is 2.10. The van der Waals surface area contributed by atoms with Crippen LogP contribution in [0.2, 0.25) is 0 Å². The van der Waals surface area contributed by atoms with Crippen molar-refractivity contribution in [3.63, 3.8) is 0 Å². The first-order valence-electron chi connectivity index (χ1n) is 4.06. The van der Waals surface area contributed by atoms with E-state index in [2.05, 4.69) is 37.0 Å². The van der Waals surface area contributed by atoms with E-state index in [1.807, 2.05) is 0 Å². The molecule has 0 N–H and O–H groups in total. The van der Waals surface area contributed by atoms with Crippen molar-refractivity contribution in [2.75, 3.05) is 0 Å². The third kappa shape index (κ3) is 4.61. The van der Waals surface area contributed by atoms with Gasteiger partial charge in [0.1, 0.15) is 6.34 Å². The molecular weight excluding hydrogens is 148 g/mol. The fourth-order valence-electron chi connectivity index (χ4n) is 0.604. The van der Waals surface area contributed by atoms with Crippen LogP contribution in [0.15, 0.2) is 34.9 Å². The highest BCUT2D eigenvalue weighted by Crippen LogP contribution is 2.08.